The maximum absolute atomic E-state index is 12.8. The van der Waals surface area contributed by atoms with Crippen LogP contribution in [0.15, 0.2) is 30.5 Å². The van der Waals surface area contributed by atoms with Crippen molar-refractivity contribution in [3.63, 3.8) is 0 Å². The Morgan fingerprint density at radius 3 is 2.57 bits per heavy atom. The average molecular weight is 422 g/mol. The number of amides is 1. The monoisotopic (exact) mass is 421 g/mol. The second-order valence-corrected chi connectivity index (χ2v) is 8.19. The number of benzene rings is 1. The van der Waals surface area contributed by atoms with Crippen LogP contribution in [0.25, 0.3) is 0 Å². The molecule has 1 aliphatic heterocycles. The summed E-state index contributed by atoms with van der Waals surface area (Å²) in [6.45, 7) is 7.29. The van der Waals surface area contributed by atoms with Gasteiger partial charge in [0.15, 0.2) is 6.10 Å². The maximum Gasteiger partial charge on any atom is 0.263 e. The Balaban J connectivity index is 1.59. The van der Waals surface area contributed by atoms with E-state index in [4.69, 9.17) is 32.9 Å². The van der Waals surface area contributed by atoms with Gasteiger partial charge in [-0.2, -0.15) is 0 Å². The van der Waals surface area contributed by atoms with Crippen LogP contribution in [0.4, 0.5) is 0 Å². The molecule has 0 spiro atoms. The predicted molar refractivity (Wildman–Crippen MR) is 111 cm³/mol. The molecule has 0 aliphatic carbocycles. The highest BCUT2D eigenvalue weighted by molar-refractivity contribution is 6.42. The summed E-state index contributed by atoms with van der Waals surface area (Å²) in [5, 5.41) is 0.734. The Kier molecular flexibility index (Phi) is 6.78. The van der Waals surface area contributed by atoms with E-state index in [9.17, 15) is 4.79 Å². The number of likely N-dealkylation sites (tertiary alicyclic amines) is 1. The van der Waals surface area contributed by atoms with Crippen molar-refractivity contribution in [3.05, 3.63) is 52.0 Å². The Bertz CT molecular complexity index is 836. The maximum atomic E-state index is 12.8. The van der Waals surface area contributed by atoms with Crippen LogP contribution in [-0.2, 0) is 4.79 Å². The summed E-state index contributed by atoms with van der Waals surface area (Å²) >= 11 is 12.2. The molecular formula is C21H25Cl2N3O2. The van der Waals surface area contributed by atoms with E-state index >= 15 is 0 Å². The standard InChI is InChI=1S/C21H25Cl2N3O2/c1-13(2)20-24-10-7-17(25-20)15-8-11-26(12-9-15)21(27)14(3)28-18-6-4-5-16(22)19(18)23/h4-7,10,13-15H,8-9,11-12H2,1-3H3/t14-/m0/s1. The van der Waals surface area contributed by atoms with Gasteiger partial charge < -0.3 is 9.64 Å². The summed E-state index contributed by atoms with van der Waals surface area (Å²) in [7, 11) is 0. The highest BCUT2D eigenvalue weighted by atomic mass is 35.5. The molecule has 5 nitrogen and oxygen atoms in total. The van der Waals surface area contributed by atoms with Crippen LogP contribution >= 0.6 is 23.2 Å². The van der Waals surface area contributed by atoms with E-state index in [2.05, 4.69) is 18.8 Å². The fourth-order valence-electron chi connectivity index (χ4n) is 3.36. The number of rotatable bonds is 5. The lowest BCUT2D eigenvalue weighted by molar-refractivity contribution is -0.139. The van der Waals surface area contributed by atoms with Crippen LogP contribution in [0.5, 0.6) is 5.75 Å². The number of aromatic nitrogens is 2. The van der Waals surface area contributed by atoms with Crippen molar-refractivity contribution in [1.82, 2.24) is 14.9 Å². The Morgan fingerprint density at radius 2 is 1.89 bits per heavy atom. The molecule has 1 aromatic heterocycles. The van der Waals surface area contributed by atoms with Gasteiger partial charge in [0, 0.05) is 36.8 Å². The lowest BCUT2D eigenvalue weighted by Crippen LogP contribution is -2.44. The molecule has 150 valence electrons. The molecule has 1 saturated heterocycles. The van der Waals surface area contributed by atoms with Crippen LogP contribution in [0.3, 0.4) is 0 Å². The molecule has 1 aliphatic rings. The lowest BCUT2D eigenvalue weighted by atomic mass is 9.93. The Morgan fingerprint density at radius 1 is 1.18 bits per heavy atom. The normalized spacial score (nSPS) is 16.3. The summed E-state index contributed by atoms with van der Waals surface area (Å²) < 4.78 is 5.77. The van der Waals surface area contributed by atoms with Crippen molar-refractivity contribution in [2.45, 2.75) is 51.6 Å². The van der Waals surface area contributed by atoms with Crippen molar-refractivity contribution in [2.75, 3.05) is 13.1 Å². The van der Waals surface area contributed by atoms with Gasteiger partial charge in [0.2, 0.25) is 0 Å². The number of halogens is 2. The smallest absolute Gasteiger partial charge is 0.263 e. The highest BCUT2D eigenvalue weighted by Crippen LogP contribution is 2.33. The van der Waals surface area contributed by atoms with E-state index in [0.717, 1.165) is 24.4 Å². The lowest BCUT2D eigenvalue weighted by Gasteiger charge is -2.33. The molecule has 1 amide bonds. The molecule has 28 heavy (non-hydrogen) atoms. The Labute approximate surface area is 176 Å². The van der Waals surface area contributed by atoms with Crippen molar-refractivity contribution in [1.29, 1.82) is 0 Å². The first kappa shape index (κ1) is 20.9. The van der Waals surface area contributed by atoms with E-state index in [-0.39, 0.29) is 5.91 Å². The van der Waals surface area contributed by atoms with Crippen molar-refractivity contribution in [3.8, 4) is 5.75 Å². The van der Waals surface area contributed by atoms with Crippen molar-refractivity contribution >= 4 is 29.1 Å². The molecule has 1 fully saturated rings. The number of hydrogen-bond donors (Lipinski definition) is 0. The van der Waals surface area contributed by atoms with Crippen molar-refractivity contribution in [2.24, 2.45) is 0 Å². The van der Waals surface area contributed by atoms with Gasteiger partial charge in [-0.05, 0) is 38.0 Å². The molecular weight excluding hydrogens is 397 g/mol. The topological polar surface area (TPSA) is 55.3 Å². The number of hydrogen-bond acceptors (Lipinski definition) is 4. The first-order valence-corrected chi connectivity index (χ1v) is 10.3. The third kappa shape index (κ3) is 4.76. The molecule has 1 atom stereocenters. The van der Waals surface area contributed by atoms with Gasteiger partial charge in [-0.25, -0.2) is 9.97 Å². The first-order chi connectivity index (χ1) is 13.4. The molecule has 0 N–H and O–H groups in total. The second-order valence-electron chi connectivity index (χ2n) is 7.41. The predicted octanol–water partition coefficient (Wildman–Crippen LogP) is 5.08. The molecule has 0 saturated carbocycles. The number of carbonyl (C=O) groups is 1. The largest absolute Gasteiger partial charge is 0.479 e. The minimum atomic E-state index is -0.626. The van der Waals surface area contributed by atoms with E-state index in [1.165, 1.54) is 0 Å². The molecule has 0 bridgehead atoms. The second kappa shape index (κ2) is 9.10. The van der Waals surface area contributed by atoms with Gasteiger partial charge in [0.1, 0.15) is 16.6 Å². The van der Waals surface area contributed by atoms with E-state index in [1.54, 1.807) is 25.1 Å². The van der Waals surface area contributed by atoms with Gasteiger partial charge in [0.05, 0.1) is 5.02 Å². The van der Waals surface area contributed by atoms with Gasteiger partial charge in [-0.3, -0.25) is 4.79 Å². The fourth-order valence-corrected chi connectivity index (χ4v) is 3.70. The zero-order valence-electron chi connectivity index (χ0n) is 16.4. The van der Waals surface area contributed by atoms with Crippen LogP contribution in [-0.4, -0.2) is 40.0 Å². The minimum Gasteiger partial charge on any atom is -0.479 e. The molecule has 2 heterocycles. The first-order valence-electron chi connectivity index (χ1n) is 9.59. The summed E-state index contributed by atoms with van der Waals surface area (Å²) in [4.78, 5) is 23.7. The number of piperidine rings is 1. The summed E-state index contributed by atoms with van der Waals surface area (Å²) in [6, 6.07) is 7.14. The van der Waals surface area contributed by atoms with Gasteiger partial charge in [-0.1, -0.05) is 43.1 Å². The molecule has 1 aromatic carbocycles. The van der Waals surface area contributed by atoms with Gasteiger partial charge in [0.25, 0.3) is 5.91 Å². The van der Waals surface area contributed by atoms with Crippen molar-refractivity contribution < 1.29 is 9.53 Å². The zero-order valence-corrected chi connectivity index (χ0v) is 17.9. The molecule has 2 aromatic rings. The SMILES string of the molecule is CC(C)c1nccc(C2CCN(C(=O)[C@H](C)Oc3cccc(Cl)c3Cl)CC2)n1. The van der Waals surface area contributed by atoms with E-state index in [0.29, 0.717) is 40.7 Å². The minimum absolute atomic E-state index is 0.0416. The molecule has 0 unspecified atom stereocenters. The van der Waals surface area contributed by atoms with Crippen LogP contribution in [0.1, 0.15) is 57.0 Å². The summed E-state index contributed by atoms with van der Waals surface area (Å²) in [5.74, 6) is 1.91. The Hall–Kier alpha value is -1.85. The third-order valence-corrected chi connectivity index (χ3v) is 5.81. The molecule has 0 radical (unpaired) electrons. The van der Waals surface area contributed by atoms with Crippen LogP contribution in [0.2, 0.25) is 10.0 Å². The summed E-state index contributed by atoms with van der Waals surface area (Å²) in [5.41, 5.74) is 1.07. The van der Waals surface area contributed by atoms with Gasteiger partial charge >= 0.3 is 0 Å². The third-order valence-electron chi connectivity index (χ3n) is 5.00. The quantitative estimate of drug-likeness (QED) is 0.674. The number of nitrogens with zero attached hydrogens (tertiary/aromatic N) is 3. The van der Waals surface area contributed by atoms with E-state index < -0.39 is 6.10 Å². The number of ether oxygens (including phenoxy) is 1. The summed E-state index contributed by atoms with van der Waals surface area (Å²) in [6.07, 6.45) is 2.97. The van der Waals surface area contributed by atoms with Crippen LogP contribution in [0, 0.1) is 0 Å². The fraction of sp³-hybridized carbons (Fsp3) is 0.476. The highest BCUT2D eigenvalue weighted by Gasteiger charge is 2.29. The zero-order chi connectivity index (χ0) is 20.3. The van der Waals surface area contributed by atoms with Crippen LogP contribution < -0.4 is 4.74 Å². The molecule has 7 heteroatoms. The van der Waals surface area contributed by atoms with Gasteiger partial charge in [-0.15, -0.1) is 0 Å². The number of carbonyl (C=O) groups excluding carboxylic acids is 1. The average Bonchev–Trinajstić information content (AvgIpc) is 2.71. The van der Waals surface area contributed by atoms with E-state index in [1.807, 2.05) is 17.2 Å². The molecule has 3 rings (SSSR count).